The minimum Gasteiger partial charge on any atom is -0.388 e. The molecule has 0 bridgehead atoms. The summed E-state index contributed by atoms with van der Waals surface area (Å²) in [4.78, 5) is 5.17. The third-order valence-electron chi connectivity index (χ3n) is 7.72. The molecule has 42 heavy (non-hydrogen) atoms. The second-order valence-electron chi connectivity index (χ2n) is 10.8. The fourth-order valence-corrected chi connectivity index (χ4v) is 5.60. The molecule has 0 fully saturated rings. The monoisotopic (exact) mass is 545 g/mol. The molecule has 3 nitrogen and oxygen atoms in total. The molecule has 0 aliphatic rings. The highest BCUT2D eigenvalue weighted by molar-refractivity contribution is 5.84. The van der Waals surface area contributed by atoms with Gasteiger partial charge in [0.05, 0.1) is 11.4 Å². The maximum Gasteiger partial charge on any atom is 0.0715 e. The second-order valence-corrected chi connectivity index (χ2v) is 10.8. The Morgan fingerprint density at radius 1 is 0.429 bits per heavy atom. The van der Waals surface area contributed by atoms with Gasteiger partial charge in [-0.3, -0.25) is 0 Å². The second kappa shape index (κ2) is 11.8. The van der Waals surface area contributed by atoms with Crippen LogP contribution in [0.1, 0.15) is 11.1 Å². The first-order valence-electron chi connectivity index (χ1n) is 14.4. The zero-order valence-electron chi connectivity index (χ0n) is 24.6. The lowest BCUT2D eigenvalue weighted by atomic mass is 9.95. The minimum atomic E-state index is 0.947. The number of aromatic nitrogens is 1. The van der Waals surface area contributed by atoms with Gasteiger partial charge in [-0.1, -0.05) is 102 Å². The van der Waals surface area contributed by atoms with E-state index in [0.29, 0.717) is 0 Å². The molecule has 0 amide bonds. The summed E-state index contributed by atoms with van der Waals surface area (Å²) in [6.07, 6.45) is 0. The lowest BCUT2D eigenvalue weighted by Gasteiger charge is -2.14. The van der Waals surface area contributed by atoms with Gasteiger partial charge < -0.3 is 10.6 Å². The zero-order chi connectivity index (χ0) is 29.1. The van der Waals surface area contributed by atoms with E-state index in [4.69, 9.17) is 4.98 Å². The largest absolute Gasteiger partial charge is 0.388 e. The number of nitrogens with one attached hydrogen (secondary N) is 2. The molecule has 6 aromatic rings. The van der Waals surface area contributed by atoms with Gasteiger partial charge in [0.15, 0.2) is 0 Å². The minimum absolute atomic E-state index is 0.947. The van der Waals surface area contributed by atoms with E-state index in [9.17, 15) is 0 Å². The summed E-state index contributed by atoms with van der Waals surface area (Å²) in [5.74, 6) is 0. The topological polar surface area (TPSA) is 37.0 Å². The highest BCUT2D eigenvalue weighted by atomic mass is 14.8. The molecule has 0 radical (unpaired) electrons. The summed E-state index contributed by atoms with van der Waals surface area (Å²) in [6.45, 7) is 4.31. The average Bonchev–Trinajstić information content (AvgIpc) is 3.04. The van der Waals surface area contributed by atoms with Gasteiger partial charge in [0.1, 0.15) is 0 Å². The van der Waals surface area contributed by atoms with E-state index >= 15 is 0 Å². The Labute approximate surface area is 248 Å². The Hall–Kier alpha value is -5.15. The number of rotatable bonds is 7. The van der Waals surface area contributed by atoms with Gasteiger partial charge in [0.2, 0.25) is 0 Å². The van der Waals surface area contributed by atoms with Crippen LogP contribution in [0.4, 0.5) is 11.4 Å². The molecule has 1 heterocycles. The van der Waals surface area contributed by atoms with E-state index in [1.54, 1.807) is 0 Å². The molecule has 0 aliphatic heterocycles. The zero-order valence-corrected chi connectivity index (χ0v) is 24.6. The Bertz CT molecular complexity index is 1830. The fourth-order valence-electron chi connectivity index (χ4n) is 5.60. The SMILES string of the molecule is CNc1ccc(NC)c(-c2cccc(-c3cc(-c4ccc(-c5cc(C)cc(C)c5)cc4)cc(-c4ccccc4)n3)c2)c1. The van der Waals surface area contributed by atoms with Crippen LogP contribution in [0.5, 0.6) is 0 Å². The van der Waals surface area contributed by atoms with Gasteiger partial charge in [-0.25, -0.2) is 4.98 Å². The van der Waals surface area contributed by atoms with Crippen molar-refractivity contribution < 1.29 is 0 Å². The van der Waals surface area contributed by atoms with Gasteiger partial charge in [-0.05, 0) is 78.1 Å². The van der Waals surface area contributed by atoms with E-state index in [1.165, 1.54) is 27.8 Å². The molecule has 0 saturated carbocycles. The van der Waals surface area contributed by atoms with Crippen molar-refractivity contribution in [3.05, 3.63) is 139 Å². The number of aryl methyl sites for hydroxylation is 2. The van der Waals surface area contributed by atoms with Crippen LogP contribution in [0, 0.1) is 13.8 Å². The molecule has 0 saturated heterocycles. The molecule has 3 heteroatoms. The number of hydrogen-bond acceptors (Lipinski definition) is 3. The molecule has 0 unspecified atom stereocenters. The number of pyridine rings is 1. The van der Waals surface area contributed by atoms with Crippen LogP contribution in [0.2, 0.25) is 0 Å². The fraction of sp³-hybridized carbons (Fsp3) is 0.103. The van der Waals surface area contributed by atoms with Crippen molar-refractivity contribution in [3.8, 4) is 55.9 Å². The quantitative estimate of drug-likeness (QED) is 0.210. The first-order valence-corrected chi connectivity index (χ1v) is 14.4. The maximum absolute atomic E-state index is 5.17. The van der Waals surface area contributed by atoms with Gasteiger partial charge in [-0.15, -0.1) is 0 Å². The lowest BCUT2D eigenvalue weighted by Crippen LogP contribution is -1.95. The summed E-state index contributed by atoms with van der Waals surface area (Å²) >= 11 is 0. The van der Waals surface area contributed by atoms with Crippen LogP contribution in [0.15, 0.2) is 127 Å². The smallest absolute Gasteiger partial charge is 0.0715 e. The van der Waals surface area contributed by atoms with Crippen LogP contribution in [0.25, 0.3) is 55.9 Å². The predicted molar refractivity (Wildman–Crippen MR) is 180 cm³/mol. The summed E-state index contributed by atoms with van der Waals surface area (Å²) in [5, 5.41) is 6.61. The van der Waals surface area contributed by atoms with Crippen LogP contribution >= 0.6 is 0 Å². The Balaban J connectivity index is 1.45. The molecule has 0 aliphatic carbocycles. The molecule has 1 aromatic heterocycles. The third kappa shape index (κ3) is 5.68. The van der Waals surface area contributed by atoms with Crippen LogP contribution in [-0.4, -0.2) is 19.1 Å². The molecule has 206 valence electrons. The van der Waals surface area contributed by atoms with Crippen LogP contribution in [-0.2, 0) is 0 Å². The third-order valence-corrected chi connectivity index (χ3v) is 7.72. The molecular weight excluding hydrogens is 510 g/mol. The Morgan fingerprint density at radius 3 is 1.67 bits per heavy atom. The number of nitrogens with zero attached hydrogens (tertiary/aromatic N) is 1. The number of benzene rings is 5. The van der Waals surface area contributed by atoms with Crippen LogP contribution < -0.4 is 10.6 Å². The number of anilines is 2. The average molecular weight is 546 g/mol. The standard InChI is InChI=1S/C39H35N3/c1-26-19-27(2)21-33(20-26)28-13-15-29(16-14-28)34-23-38(30-9-6-5-7-10-30)42-39(24-34)32-12-8-11-31(22-32)36-25-35(40-3)17-18-37(36)41-4/h5-25,40-41H,1-4H3. The summed E-state index contributed by atoms with van der Waals surface area (Å²) in [5.41, 5.74) is 15.9. The van der Waals surface area contributed by atoms with Crippen molar-refractivity contribution in [3.63, 3.8) is 0 Å². The van der Waals surface area contributed by atoms with Crippen LogP contribution in [0.3, 0.4) is 0 Å². The summed E-state index contributed by atoms with van der Waals surface area (Å²) < 4.78 is 0. The molecule has 0 atom stereocenters. The van der Waals surface area contributed by atoms with Crippen molar-refractivity contribution >= 4 is 11.4 Å². The Morgan fingerprint density at radius 2 is 1.02 bits per heavy atom. The van der Waals surface area contributed by atoms with Gasteiger partial charge in [0, 0.05) is 42.2 Å². The van der Waals surface area contributed by atoms with E-state index in [0.717, 1.165) is 50.6 Å². The first-order chi connectivity index (χ1) is 20.5. The van der Waals surface area contributed by atoms with Gasteiger partial charge in [0.25, 0.3) is 0 Å². The van der Waals surface area contributed by atoms with E-state index in [2.05, 4.69) is 146 Å². The van der Waals surface area contributed by atoms with Crippen molar-refractivity contribution in [1.29, 1.82) is 0 Å². The van der Waals surface area contributed by atoms with Gasteiger partial charge >= 0.3 is 0 Å². The maximum atomic E-state index is 5.17. The van der Waals surface area contributed by atoms with Crippen molar-refractivity contribution in [2.24, 2.45) is 0 Å². The molecular formula is C39H35N3. The first kappa shape index (κ1) is 27.0. The number of hydrogen-bond donors (Lipinski definition) is 2. The highest BCUT2D eigenvalue weighted by Crippen LogP contribution is 2.35. The van der Waals surface area contributed by atoms with E-state index < -0.39 is 0 Å². The van der Waals surface area contributed by atoms with E-state index in [-0.39, 0.29) is 0 Å². The van der Waals surface area contributed by atoms with Crippen molar-refractivity contribution in [2.75, 3.05) is 24.7 Å². The lowest BCUT2D eigenvalue weighted by molar-refractivity contribution is 1.32. The predicted octanol–water partition coefficient (Wildman–Crippen LogP) is 10.1. The summed E-state index contributed by atoms with van der Waals surface area (Å²) in [7, 11) is 3.91. The molecule has 2 N–H and O–H groups in total. The molecule has 0 spiro atoms. The highest BCUT2D eigenvalue weighted by Gasteiger charge is 2.12. The summed E-state index contributed by atoms with van der Waals surface area (Å²) in [6, 6.07) is 45.5. The Kier molecular flexibility index (Phi) is 7.57. The molecule has 6 rings (SSSR count). The van der Waals surface area contributed by atoms with Gasteiger partial charge in [-0.2, -0.15) is 0 Å². The molecule has 5 aromatic carbocycles. The van der Waals surface area contributed by atoms with Crippen molar-refractivity contribution in [1.82, 2.24) is 4.98 Å². The van der Waals surface area contributed by atoms with Crippen molar-refractivity contribution in [2.45, 2.75) is 13.8 Å². The van der Waals surface area contributed by atoms with E-state index in [1.807, 2.05) is 20.2 Å². The normalized spacial score (nSPS) is 10.9.